The van der Waals surface area contributed by atoms with Crippen LogP contribution >= 0.6 is 0 Å². The highest BCUT2D eigenvalue weighted by Gasteiger charge is 2.21. The fourth-order valence-corrected chi connectivity index (χ4v) is 3.97. The highest BCUT2D eigenvalue weighted by Crippen LogP contribution is 2.17. The molecule has 1 saturated heterocycles. The van der Waals surface area contributed by atoms with Gasteiger partial charge in [-0.25, -0.2) is 14.6 Å². The summed E-state index contributed by atoms with van der Waals surface area (Å²) in [5, 5.41) is 0. The quantitative estimate of drug-likeness (QED) is 0.601. The number of H-pyrrole nitrogens is 1. The average molecular weight is 450 g/mol. The van der Waals surface area contributed by atoms with E-state index >= 15 is 0 Å². The molecule has 1 fully saturated rings. The summed E-state index contributed by atoms with van der Waals surface area (Å²) < 4.78 is 6.57. The third kappa shape index (κ3) is 4.82. The maximum atomic E-state index is 13.1. The summed E-state index contributed by atoms with van der Waals surface area (Å²) in [5.74, 6) is 0.355. The minimum atomic E-state index is -0.383. The van der Waals surface area contributed by atoms with Gasteiger partial charge in [-0.2, -0.15) is 0 Å². The zero-order valence-corrected chi connectivity index (χ0v) is 18.8. The molecular formula is C24H27N5O4. The van der Waals surface area contributed by atoms with Crippen LogP contribution in [0, 0.1) is 6.92 Å². The van der Waals surface area contributed by atoms with Crippen molar-refractivity contribution in [2.45, 2.75) is 20.3 Å². The van der Waals surface area contributed by atoms with Crippen molar-refractivity contribution in [3.63, 3.8) is 0 Å². The molecule has 9 nitrogen and oxygen atoms in total. The van der Waals surface area contributed by atoms with Gasteiger partial charge in [0.25, 0.3) is 5.91 Å². The summed E-state index contributed by atoms with van der Waals surface area (Å²) in [6.07, 6.45) is 3.99. The maximum Gasteiger partial charge on any atom is 0.339 e. The molecule has 0 radical (unpaired) electrons. The Morgan fingerprint density at radius 1 is 1.03 bits per heavy atom. The summed E-state index contributed by atoms with van der Waals surface area (Å²) in [5.41, 5.74) is 2.33. The van der Waals surface area contributed by atoms with Crippen LogP contribution in [0.3, 0.4) is 0 Å². The molecule has 172 valence electrons. The number of carbonyl (C=O) groups is 2. The van der Waals surface area contributed by atoms with Gasteiger partial charge in [0.2, 0.25) is 0 Å². The second-order valence-electron chi connectivity index (χ2n) is 7.88. The number of amides is 1. The molecule has 3 aromatic rings. The molecule has 4 rings (SSSR count). The molecule has 2 aromatic heterocycles. The number of esters is 1. The van der Waals surface area contributed by atoms with E-state index in [2.05, 4.69) is 14.9 Å². The molecule has 0 unspecified atom stereocenters. The highest BCUT2D eigenvalue weighted by atomic mass is 16.5. The number of nitrogens with zero attached hydrogens (tertiary/aromatic N) is 4. The maximum absolute atomic E-state index is 13.1. The van der Waals surface area contributed by atoms with Crippen molar-refractivity contribution < 1.29 is 14.3 Å². The predicted molar refractivity (Wildman–Crippen MR) is 124 cm³/mol. The van der Waals surface area contributed by atoms with Crippen LogP contribution in [-0.2, 0) is 4.74 Å². The van der Waals surface area contributed by atoms with Gasteiger partial charge in [0.05, 0.1) is 17.9 Å². The van der Waals surface area contributed by atoms with Crippen molar-refractivity contribution in [1.29, 1.82) is 0 Å². The number of hydrogen-bond acceptors (Lipinski definition) is 6. The van der Waals surface area contributed by atoms with E-state index < -0.39 is 0 Å². The monoisotopic (exact) mass is 449 g/mol. The van der Waals surface area contributed by atoms with Crippen molar-refractivity contribution >= 4 is 17.7 Å². The van der Waals surface area contributed by atoms with Gasteiger partial charge >= 0.3 is 11.7 Å². The van der Waals surface area contributed by atoms with Crippen molar-refractivity contribution in [2.75, 3.05) is 37.7 Å². The van der Waals surface area contributed by atoms with Crippen LogP contribution in [0.15, 0.2) is 53.6 Å². The summed E-state index contributed by atoms with van der Waals surface area (Å²) in [4.78, 5) is 47.9. The second-order valence-corrected chi connectivity index (χ2v) is 7.88. The van der Waals surface area contributed by atoms with Gasteiger partial charge in [0.15, 0.2) is 0 Å². The highest BCUT2D eigenvalue weighted by molar-refractivity contribution is 5.94. The minimum Gasteiger partial charge on any atom is -0.462 e. The minimum absolute atomic E-state index is 0.0350. The molecule has 9 heteroatoms. The number of anilines is 1. The number of nitrogens with one attached hydrogen (secondary N) is 1. The molecule has 0 bridgehead atoms. The summed E-state index contributed by atoms with van der Waals surface area (Å²) >= 11 is 0. The first kappa shape index (κ1) is 22.3. The topological polar surface area (TPSA) is 101 Å². The second kappa shape index (κ2) is 9.72. The molecule has 33 heavy (non-hydrogen) atoms. The van der Waals surface area contributed by atoms with Crippen LogP contribution < -0.4 is 10.6 Å². The Morgan fingerprint density at radius 2 is 1.79 bits per heavy atom. The zero-order chi connectivity index (χ0) is 23.4. The Bertz CT molecular complexity index is 1180. The molecule has 1 aromatic carbocycles. The fourth-order valence-electron chi connectivity index (χ4n) is 3.97. The summed E-state index contributed by atoms with van der Waals surface area (Å²) in [6, 6.07) is 10.6. The first-order valence-electron chi connectivity index (χ1n) is 11.0. The number of pyridine rings is 1. The molecular weight excluding hydrogens is 422 g/mol. The molecule has 0 spiro atoms. The molecule has 0 atom stereocenters. The van der Waals surface area contributed by atoms with Crippen molar-refractivity contribution in [2.24, 2.45) is 0 Å². The Balaban J connectivity index is 1.41. The molecule has 0 saturated carbocycles. The molecule has 0 aliphatic carbocycles. The van der Waals surface area contributed by atoms with Crippen LogP contribution in [0.25, 0.3) is 5.69 Å². The normalized spacial score (nSPS) is 14.1. The van der Waals surface area contributed by atoms with E-state index in [-0.39, 0.29) is 17.6 Å². The Labute approximate surface area is 191 Å². The molecule has 3 heterocycles. The smallest absolute Gasteiger partial charge is 0.339 e. The van der Waals surface area contributed by atoms with Crippen LogP contribution in [0.5, 0.6) is 0 Å². The van der Waals surface area contributed by atoms with Gasteiger partial charge < -0.3 is 19.5 Å². The number of carbonyl (C=O) groups excluding carboxylic acids is 2. The van der Waals surface area contributed by atoms with E-state index in [0.29, 0.717) is 37.4 Å². The van der Waals surface area contributed by atoms with Gasteiger partial charge in [-0.05, 0) is 56.7 Å². The Morgan fingerprint density at radius 3 is 2.42 bits per heavy atom. The van der Waals surface area contributed by atoms with Crippen LogP contribution in [0.1, 0.15) is 39.8 Å². The van der Waals surface area contributed by atoms with Gasteiger partial charge in [-0.3, -0.25) is 9.36 Å². The lowest BCUT2D eigenvalue weighted by Crippen LogP contribution is -2.35. The number of aromatic nitrogens is 3. The molecule has 1 N–H and O–H groups in total. The SMILES string of the molecule is CCOC(=O)c1ccc(N2CCCN(C(=O)c3ccc(-n4c(C)c[nH]c4=O)cc3)CC2)nc1. The van der Waals surface area contributed by atoms with Crippen LogP contribution in [0.2, 0.25) is 0 Å². The van der Waals surface area contributed by atoms with Crippen molar-refractivity contribution in [3.8, 4) is 5.69 Å². The van der Waals surface area contributed by atoms with Crippen LogP contribution in [-0.4, -0.2) is 64.1 Å². The number of benzene rings is 1. The predicted octanol–water partition coefficient (Wildman–Crippen LogP) is 2.40. The molecule has 1 aliphatic rings. The average Bonchev–Trinajstić information content (AvgIpc) is 3.02. The molecule has 1 aliphatic heterocycles. The number of rotatable bonds is 5. The van der Waals surface area contributed by atoms with Gasteiger partial charge in [0.1, 0.15) is 5.82 Å². The van der Waals surface area contributed by atoms with Gasteiger partial charge in [-0.15, -0.1) is 0 Å². The van der Waals surface area contributed by atoms with Crippen LogP contribution in [0.4, 0.5) is 5.82 Å². The Kier molecular flexibility index (Phi) is 6.58. The first-order chi connectivity index (χ1) is 16.0. The van der Waals surface area contributed by atoms with E-state index in [4.69, 9.17) is 4.74 Å². The largest absolute Gasteiger partial charge is 0.462 e. The van der Waals surface area contributed by atoms with Gasteiger partial charge in [-0.1, -0.05) is 0 Å². The lowest BCUT2D eigenvalue weighted by molar-refractivity contribution is 0.0525. The Hall–Kier alpha value is -3.88. The first-order valence-corrected chi connectivity index (χ1v) is 11.0. The van der Waals surface area contributed by atoms with E-state index in [1.807, 2.05) is 17.9 Å². The molecule has 1 amide bonds. The number of aromatic amines is 1. The number of aryl methyl sites for hydroxylation is 1. The third-order valence-corrected chi connectivity index (χ3v) is 5.70. The van der Waals surface area contributed by atoms with E-state index in [1.54, 1.807) is 48.0 Å². The number of ether oxygens (including phenoxy) is 1. The van der Waals surface area contributed by atoms with E-state index in [1.165, 1.54) is 6.20 Å². The fraction of sp³-hybridized carbons (Fsp3) is 0.333. The summed E-state index contributed by atoms with van der Waals surface area (Å²) in [6.45, 7) is 6.57. The van der Waals surface area contributed by atoms with Gasteiger partial charge in [0, 0.05) is 49.8 Å². The van der Waals surface area contributed by atoms with Crippen molar-refractivity contribution in [1.82, 2.24) is 19.4 Å². The van der Waals surface area contributed by atoms with E-state index in [0.717, 1.165) is 30.2 Å². The van der Waals surface area contributed by atoms with E-state index in [9.17, 15) is 14.4 Å². The summed E-state index contributed by atoms with van der Waals surface area (Å²) in [7, 11) is 0. The lowest BCUT2D eigenvalue weighted by Gasteiger charge is -2.23. The third-order valence-electron chi connectivity index (χ3n) is 5.70. The lowest BCUT2D eigenvalue weighted by atomic mass is 10.1. The van der Waals surface area contributed by atoms with Crippen molar-refractivity contribution in [3.05, 3.63) is 76.1 Å². The zero-order valence-electron chi connectivity index (χ0n) is 18.8. The standard InChI is InChI=1S/C24H27N5O4/c1-3-33-23(31)19-7-10-21(25-16-19)27-11-4-12-28(14-13-27)22(30)18-5-8-20(9-6-18)29-17(2)15-26-24(29)32/h5-10,15-16H,3-4,11-14H2,1-2H3,(H,26,32). The number of imidazole rings is 1. The number of hydrogen-bond donors (Lipinski definition) is 1.